The van der Waals surface area contributed by atoms with Crippen molar-refractivity contribution in [1.82, 2.24) is 15.0 Å². The number of rotatable bonds is 1. The summed E-state index contributed by atoms with van der Waals surface area (Å²) >= 11 is 7.23. The number of hydrogen-bond acceptors (Lipinski definition) is 6. The van der Waals surface area contributed by atoms with Gasteiger partial charge in [0.25, 0.3) is 0 Å². The molecule has 0 bridgehead atoms. The van der Waals surface area contributed by atoms with Crippen LogP contribution in [-0.2, 0) is 0 Å². The van der Waals surface area contributed by atoms with Crippen molar-refractivity contribution < 1.29 is 4.39 Å². The van der Waals surface area contributed by atoms with Gasteiger partial charge in [0.15, 0.2) is 5.13 Å². The lowest BCUT2D eigenvalue weighted by Crippen LogP contribution is -1.96. The van der Waals surface area contributed by atoms with Crippen molar-refractivity contribution in [3.63, 3.8) is 0 Å². The van der Waals surface area contributed by atoms with Crippen molar-refractivity contribution in [2.75, 3.05) is 11.5 Å². The summed E-state index contributed by atoms with van der Waals surface area (Å²) in [4.78, 5) is 11.8. The van der Waals surface area contributed by atoms with Gasteiger partial charge in [-0.3, -0.25) is 0 Å². The van der Waals surface area contributed by atoms with Gasteiger partial charge in [0.05, 0.1) is 21.6 Å². The van der Waals surface area contributed by atoms with E-state index in [2.05, 4.69) is 15.0 Å². The van der Waals surface area contributed by atoms with Crippen molar-refractivity contribution in [3.05, 3.63) is 29.2 Å². The van der Waals surface area contributed by atoms with Crippen molar-refractivity contribution >= 4 is 44.2 Å². The lowest BCUT2D eigenvalue weighted by molar-refractivity contribution is 0.637. The Bertz CT molecular complexity index is 788. The molecule has 3 rings (SSSR count). The van der Waals surface area contributed by atoms with Crippen LogP contribution in [0.5, 0.6) is 0 Å². The van der Waals surface area contributed by atoms with E-state index in [0.29, 0.717) is 21.0 Å². The van der Waals surface area contributed by atoms with E-state index >= 15 is 0 Å². The molecular formula is C11H7ClFN5S. The number of benzene rings is 1. The number of nitrogen functional groups attached to an aromatic ring is 2. The Morgan fingerprint density at radius 1 is 1.21 bits per heavy atom. The summed E-state index contributed by atoms with van der Waals surface area (Å²) in [5, 5.41) is 0.605. The second-order valence-corrected chi connectivity index (χ2v) is 5.19. The summed E-state index contributed by atoms with van der Waals surface area (Å²) in [5.41, 5.74) is 12.4. The maximum Gasteiger partial charge on any atom is 0.220 e. The molecule has 0 radical (unpaired) electrons. The van der Waals surface area contributed by atoms with Gasteiger partial charge in [0.1, 0.15) is 11.3 Å². The fraction of sp³-hybridized carbons (Fsp3) is 0. The average Bonchev–Trinajstić information content (AvgIpc) is 2.76. The molecular weight excluding hydrogens is 289 g/mol. The molecule has 0 aliphatic rings. The van der Waals surface area contributed by atoms with Gasteiger partial charge in [0, 0.05) is 5.56 Å². The molecule has 0 aliphatic carbocycles. The molecule has 0 spiro atoms. The third-order valence-corrected chi connectivity index (χ3v) is 3.72. The van der Waals surface area contributed by atoms with Crippen molar-refractivity contribution in [1.29, 1.82) is 0 Å². The number of halogens is 2. The molecule has 2 aromatic heterocycles. The van der Waals surface area contributed by atoms with Crippen LogP contribution >= 0.6 is 22.9 Å². The van der Waals surface area contributed by atoms with Gasteiger partial charge in [-0.25, -0.2) is 19.3 Å². The normalized spacial score (nSPS) is 11.1. The predicted molar refractivity (Wildman–Crippen MR) is 74.4 cm³/mol. The van der Waals surface area contributed by atoms with Crippen LogP contribution in [0.1, 0.15) is 0 Å². The zero-order valence-corrected chi connectivity index (χ0v) is 11.0. The summed E-state index contributed by atoms with van der Waals surface area (Å²) in [6.45, 7) is 0. The molecule has 0 aliphatic heterocycles. The summed E-state index contributed by atoms with van der Waals surface area (Å²) in [5.74, 6) is -0.348. The summed E-state index contributed by atoms with van der Waals surface area (Å²) in [6, 6.07) is 2.87. The second kappa shape index (κ2) is 4.29. The molecule has 0 saturated heterocycles. The first-order chi connectivity index (χ1) is 9.06. The minimum Gasteiger partial charge on any atom is -0.375 e. The molecule has 4 N–H and O–H groups in total. The number of nitrogens with two attached hydrogens (primary N) is 2. The zero-order valence-electron chi connectivity index (χ0n) is 9.39. The molecule has 1 aromatic carbocycles. The number of nitrogens with zero attached hydrogens (tertiary/aromatic N) is 3. The molecule has 3 aromatic rings. The third-order valence-electron chi connectivity index (χ3n) is 2.53. The second-order valence-electron chi connectivity index (χ2n) is 3.75. The van der Waals surface area contributed by atoms with Crippen molar-refractivity contribution in [2.24, 2.45) is 0 Å². The topological polar surface area (TPSA) is 90.7 Å². The summed E-state index contributed by atoms with van der Waals surface area (Å²) < 4.78 is 14.3. The molecule has 2 heterocycles. The quantitative estimate of drug-likeness (QED) is 0.720. The Kier molecular flexibility index (Phi) is 2.72. The third kappa shape index (κ3) is 1.96. The fourth-order valence-corrected chi connectivity index (χ4v) is 2.80. The lowest BCUT2D eigenvalue weighted by Gasteiger charge is -2.05. The maximum absolute atomic E-state index is 13.7. The van der Waals surface area contributed by atoms with Gasteiger partial charge in [0.2, 0.25) is 5.95 Å². The highest BCUT2D eigenvalue weighted by Gasteiger charge is 2.16. The van der Waals surface area contributed by atoms with E-state index < -0.39 is 5.82 Å². The largest absolute Gasteiger partial charge is 0.375 e. The van der Waals surface area contributed by atoms with E-state index in [1.165, 1.54) is 23.6 Å². The first-order valence-corrected chi connectivity index (χ1v) is 6.38. The molecule has 0 unspecified atom stereocenters. The minimum absolute atomic E-state index is 0.0920. The Labute approximate surface area is 116 Å². The molecule has 19 heavy (non-hydrogen) atoms. The first-order valence-electron chi connectivity index (χ1n) is 5.19. The standard InChI is InChI=1S/C11H7ClFN5S/c12-5-3-16-10(14)17-7(5)4-1-2-6(13)8-9(4)19-11(15)18-8/h1-3H,(H2,15,18)(H2,14,16,17). The van der Waals surface area contributed by atoms with E-state index in [-0.39, 0.29) is 16.6 Å². The highest BCUT2D eigenvalue weighted by Crippen LogP contribution is 2.37. The highest BCUT2D eigenvalue weighted by atomic mass is 35.5. The highest BCUT2D eigenvalue weighted by molar-refractivity contribution is 7.22. The number of thiazole rings is 1. The SMILES string of the molecule is Nc1ncc(Cl)c(-c2ccc(F)c3nc(N)sc23)n1. The Balaban J connectivity index is 2.37. The van der Waals surface area contributed by atoms with Crippen LogP contribution in [0, 0.1) is 5.82 Å². The van der Waals surface area contributed by atoms with Gasteiger partial charge in [-0.1, -0.05) is 22.9 Å². The lowest BCUT2D eigenvalue weighted by atomic mass is 10.1. The average molecular weight is 296 g/mol. The number of fused-ring (bicyclic) bond motifs is 1. The van der Waals surface area contributed by atoms with Gasteiger partial charge < -0.3 is 11.5 Å². The van der Waals surface area contributed by atoms with Crippen LogP contribution in [0.25, 0.3) is 21.5 Å². The molecule has 5 nitrogen and oxygen atoms in total. The maximum atomic E-state index is 13.7. The van der Waals surface area contributed by atoms with Crippen molar-refractivity contribution in [3.8, 4) is 11.3 Å². The molecule has 0 amide bonds. The fourth-order valence-electron chi connectivity index (χ4n) is 1.75. The smallest absolute Gasteiger partial charge is 0.220 e. The van der Waals surface area contributed by atoms with Gasteiger partial charge >= 0.3 is 0 Å². The molecule has 8 heteroatoms. The van der Waals surface area contributed by atoms with Crippen LogP contribution in [-0.4, -0.2) is 15.0 Å². The van der Waals surface area contributed by atoms with Crippen LogP contribution in [0.2, 0.25) is 5.02 Å². The number of anilines is 2. The van der Waals surface area contributed by atoms with E-state index in [1.807, 2.05) is 0 Å². The summed E-state index contributed by atoms with van der Waals surface area (Å²) in [7, 11) is 0. The van der Waals surface area contributed by atoms with Gasteiger partial charge in [-0.15, -0.1) is 0 Å². The molecule has 0 fully saturated rings. The van der Waals surface area contributed by atoms with E-state index in [1.54, 1.807) is 6.07 Å². The molecule has 0 saturated carbocycles. The predicted octanol–water partition coefficient (Wildman–Crippen LogP) is 2.71. The van der Waals surface area contributed by atoms with Crippen LogP contribution < -0.4 is 11.5 Å². The van der Waals surface area contributed by atoms with Gasteiger partial charge in [-0.05, 0) is 12.1 Å². The van der Waals surface area contributed by atoms with E-state index in [4.69, 9.17) is 23.1 Å². The Hall–Kier alpha value is -1.99. The van der Waals surface area contributed by atoms with Gasteiger partial charge in [-0.2, -0.15) is 0 Å². The number of hydrogen-bond donors (Lipinski definition) is 2. The number of aromatic nitrogens is 3. The minimum atomic E-state index is -0.440. The zero-order chi connectivity index (χ0) is 13.6. The van der Waals surface area contributed by atoms with Crippen LogP contribution in [0.3, 0.4) is 0 Å². The monoisotopic (exact) mass is 295 g/mol. The van der Waals surface area contributed by atoms with Crippen LogP contribution in [0.15, 0.2) is 18.3 Å². The Morgan fingerprint density at radius 2 is 2.00 bits per heavy atom. The first kappa shape index (κ1) is 12.1. The van der Waals surface area contributed by atoms with E-state index in [0.717, 1.165) is 0 Å². The van der Waals surface area contributed by atoms with E-state index in [9.17, 15) is 4.39 Å². The Morgan fingerprint density at radius 3 is 2.79 bits per heavy atom. The molecule has 0 atom stereocenters. The summed E-state index contributed by atoms with van der Waals surface area (Å²) in [6.07, 6.45) is 1.40. The van der Waals surface area contributed by atoms with Crippen molar-refractivity contribution in [2.45, 2.75) is 0 Å². The molecule has 96 valence electrons. The van der Waals surface area contributed by atoms with Crippen LogP contribution in [0.4, 0.5) is 15.5 Å².